The van der Waals surface area contributed by atoms with Gasteiger partial charge in [-0.2, -0.15) is 0 Å². The van der Waals surface area contributed by atoms with E-state index in [1.54, 1.807) is 0 Å². The summed E-state index contributed by atoms with van der Waals surface area (Å²) >= 11 is 0. The molecule has 18 heavy (non-hydrogen) atoms. The molecule has 1 N–H and O–H groups in total. The van der Waals surface area contributed by atoms with Gasteiger partial charge in [0, 0.05) is 13.5 Å². The van der Waals surface area contributed by atoms with Crippen LogP contribution in [0.3, 0.4) is 0 Å². The summed E-state index contributed by atoms with van der Waals surface area (Å²) < 4.78 is 4.65. The molecule has 0 saturated carbocycles. The number of hydrogen-bond donors (Lipinski definition) is 1. The highest BCUT2D eigenvalue weighted by Crippen LogP contribution is 2.11. The maximum atomic E-state index is 11.2. The highest BCUT2D eigenvalue weighted by molar-refractivity contribution is 5.75. The zero-order chi connectivity index (χ0) is 13.4. The van der Waals surface area contributed by atoms with Crippen LogP contribution in [0.5, 0.6) is 0 Å². The summed E-state index contributed by atoms with van der Waals surface area (Å²) in [5.41, 5.74) is 1.86. The van der Waals surface area contributed by atoms with E-state index in [4.69, 9.17) is 0 Å². The summed E-state index contributed by atoms with van der Waals surface area (Å²) in [5, 5.41) is 2.67. The minimum Gasteiger partial charge on any atom is -0.469 e. The minimum absolute atomic E-state index is 0.0671. The fourth-order valence-corrected chi connectivity index (χ4v) is 1.47. The lowest BCUT2D eigenvalue weighted by Gasteiger charge is -2.04. The lowest BCUT2D eigenvalue weighted by molar-refractivity contribution is -0.139. The molecule has 0 aliphatic carbocycles. The average Bonchev–Trinajstić information content (AvgIpc) is 2.36. The van der Waals surface area contributed by atoms with Gasteiger partial charge < -0.3 is 10.1 Å². The third kappa shape index (κ3) is 4.82. The van der Waals surface area contributed by atoms with E-state index >= 15 is 0 Å². The second-order valence-corrected chi connectivity index (χ2v) is 3.79. The number of carbonyl (C=O) groups excluding carboxylic acids is 2. The molecule has 0 unspecified atom stereocenters. The first kappa shape index (κ1) is 14.0. The quantitative estimate of drug-likeness (QED) is 0.803. The number of hydrogen-bond acceptors (Lipinski definition) is 3. The molecule has 1 aromatic carbocycles. The monoisotopic (exact) mass is 247 g/mol. The molecule has 0 heterocycles. The van der Waals surface area contributed by atoms with E-state index in [1.165, 1.54) is 14.0 Å². The number of amides is 1. The Bertz CT molecular complexity index is 452. The van der Waals surface area contributed by atoms with Crippen LogP contribution in [0.2, 0.25) is 0 Å². The lowest BCUT2D eigenvalue weighted by Crippen LogP contribution is -2.19. The molecule has 0 aromatic heterocycles. The predicted molar refractivity (Wildman–Crippen MR) is 69.9 cm³/mol. The van der Waals surface area contributed by atoms with Gasteiger partial charge >= 0.3 is 5.97 Å². The Hall–Kier alpha value is -2.10. The summed E-state index contributed by atoms with van der Waals surface area (Å²) in [6.45, 7) is 1.95. The summed E-state index contributed by atoms with van der Waals surface area (Å²) in [7, 11) is 1.37. The molecule has 1 rings (SSSR count). The first-order valence-electron chi connectivity index (χ1n) is 5.69. The molecule has 0 atom stereocenters. The molecular formula is C14H17NO3. The van der Waals surface area contributed by atoms with Crippen LogP contribution in [0.1, 0.15) is 18.1 Å². The van der Waals surface area contributed by atoms with Crippen molar-refractivity contribution >= 4 is 18.0 Å². The summed E-state index contributed by atoms with van der Waals surface area (Å²) in [5.74, 6) is -0.333. The molecule has 0 fully saturated rings. The molecule has 1 amide bonds. The molecule has 0 saturated heterocycles. The Balaban J connectivity index is 2.69. The topological polar surface area (TPSA) is 55.4 Å². The van der Waals surface area contributed by atoms with E-state index in [0.717, 1.165) is 11.1 Å². The molecule has 0 spiro atoms. The second-order valence-electron chi connectivity index (χ2n) is 3.79. The molecular weight excluding hydrogens is 230 g/mol. The van der Waals surface area contributed by atoms with Crippen LogP contribution in [0.4, 0.5) is 0 Å². The largest absolute Gasteiger partial charge is 0.469 e. The minimum atomic E-state index is -0.266. The van der Waals surface area contributed by atoms with Gasteiger partial charge in [-0.1, -0.05) is 36.4 Å². The van der Waals surface area contributed by atoms with E-state index in [-0.39, 0.29) is 18.3 Å². The zero-order valence-electron chi connectivity index (χ0n) is 10.6. The summed E-state index contributed by atoms with van der Waals surface area (Å²) in [4.78, 5) is 21.9. The summed E-state index contributed by atoms with van der Waals surface area (Å²) in [6, 6.07) is 7.58. The Morgan fingerprint density at radius 2 is 2.06 bits per heavy atom. The van der Waals surface area contributed by atoms with Crippen molar-refractivity contribution in [3.63, 3.8) is 0 Å². The number of benzene rings is 1. The number of rotatable bonds is 5. The van der Waals surface area contributed by atoms with Gasteiger partial charge in [-0.25, -0.2) is 0 Å². The first-order chi connectivity index (χ1) is 8.63. The second kappa shape index (κ2) is 7.27. The maximum absolute atomic E-state index is 11.2. The lowest BCUT2D eigenvalue weighted by atomic mass is 10.0. The summed E-state index contributed by atoms with van der Waals surface area (Å²) in [6.07, 6.45) is 3.98. The molecule has 0 radical (unpaired) electrons. The van der Waals surface area contributed by atoms with Gasteiger partial charge in [0.15, 0.2) is 0 Å². The fraction of sp³-hybridized carbons (Fsp3) is 0.286. The third-order valence-electron chi connectivity index (χ3n) is 2.38. The Morgan fingerprint density at radius 3 is 2.72 bits per heavy atom. The SMILES string of the molecule is COC(=O)Cc1ccccc1C=CCNC(C)=O. The molecule has 0 aliphatic heterocycles. The van der Waals surface area contributed by atoms with Gasteiger partial charge in [-0.05, 0) is 11.1 Å². The van der Waals surface area contributed by atoms with Crippen LogP contribution in [-0.4, -0.2) is 25.5 Å². The van der Waals surface area contributed by atoms with E-state index in [2.05, 4.69) is 10.1 Å². The van der Waals surface area contributed by atoms with Gasteiger partial charge in [0.2, 0.25) is 5.91 Å². The molecule has 4 heteroatoms. The average molecular weight is 247 g/mol. The van der Waals surface area contributed by atoms with E-state index in [9.17, 15) is 9.59 Å². The van der Waals surface area contributed by atoms with Crippen molar-refractivity contribution < 1.29 is 14.3 Å². The fourth-order valence-electron chi connectivity index (χ4n) is 1.47. The van der Waals surface area contributed by atoms with Gasteiger partial charge in [-0.15, -0.1) is 0 Å². The first-order valence-corrected chi connectivity index (χ1v) is 5.69. The Labute approximate surface area is 107 Å². The van der Waals surface area contributed by atoms with Gasteiger partial charge in [-0.3, -0.25) is 9.59 Å². The molecule has 0 bridgehead atoms. The van der Waals surface area contributed by atoms with Crippen molar-refractivity contribution in [1.29, 1.82) is 0 Å². The zero-order valence-corrected chi connectivity index (χ0v) is 10.6. The van der Waals surface area contributed by atoms with Crippen LogP contribution < -0.4 is 5.32 Å². The predicted octanol–water partition coefficient (Wildman–Crippen LogP) is 1.55. The van der Waals surface area contributed by atoms with Gasteiger partial charge in [0.1, 0.15) is 0 Å². The highest BCUT2D eigenvalue weighted by atomic mass is 16.5. The van der Waals surface area contributed by atoms with Crippen LogP contribution in [0, 0.1) is 0 Å². The number of nitrogens with one attached hydrogen (secondary N) is 1. The van der Waals surface area contributed by atoms with Crippen molar-refractivity contribution in [3.8, 4) is 0 Å². The number of esters is 1. The van der Waals surface area contributed by atoms with Crippen molar-refractivity contribution in [2.24, 2.45) is 0 Å². The van der Waals surface area contributed by atoms with E-state index < -0.39 is 0 Å². The maximum Gasteiger partial charge on any atom is 0.309 e. The Kier molecular flexibility index (Phi) is 5.64. The van der Waals surface area contributed by atoms with Crippen LogP contribution >= 0.6 is 0 Å². The van der Waals surface area contributed by atoms with Gasteiger partial charge in [0.05, 0.1) is 13.5 Å². The molecule has 0 aliphatic rings. The van der Waals surface area contributed by atoms with E-state index in [1.807, 2.05) is 36.4 Å². The van der Waals surface area contributed by atoms with Crippen LogP contribution in [-0.2, 0) is 20.7 Å². The number of ether oxygens (including phenoxy) is 1. The van der Waals surface area contributed by atoms with Crippen LogP contribution in [0.25, 0.3) is 6.08 Å². The van der Waals surface area contributed by atoms with E-state index in [0.29, 0.717) is 6.54 Å². The van der Waals surface area contributed by atoms with Crippen LogP contribution in [0.15, 0.2) is 30.3 Å². The molecule has 1 aromatic rings. The number of methoxy groups -OCH3 is 1. The highest BCUT2D eigenvalue weighted by Gasteiger charge is 2.05. The smallest absolute Gasteiger partial charge is 0.309 e. The van der Waals surface area contributed by atoms with Gasteiger partial charge in [0.25, 0.3) is 0 Å². The Morgan fingerprint density at radius 1 is 1.33 bits per heavy atom. The molecule has 4 nitrogen and oxygen atoms in total. The molecule has 96 valence electrons. The normalized spacial score (nSPS) is 10.3. The van der Waals surface area contributed by atoms with Crippen molar-refractivity contribution in [2.75, 3.05) is 13.7 Å². The van der Waals surface area contributed by atoms with Crippen molar-refractivity contribution in [3.05, 3.63) is 41.5 Å². The third-order valence-corrected chi connectivity index (χ3v) is 2.38. The van der Waals surface area contributed by atoms with Crippen molar-refractivity contribution in [1.82, 2.24) is 5.32 Å². The number of carbonyl (C=O) groups is 2. The standard InChI is InChI=1S/C14H17NO3/c1-11(16)15-9-5-8-12-6-3-4-7-13(12)10-14(17)18-2/h3-8H,9-10H2,1-2H3,(H,15,16). The van der Waals surface area contributed by atoms with Crippen molar-refractivity contribution in [2.45, 2.75) is 13.3 Å².